The Morgan fingerprint density at radius 1 is 1.59 bits per heavy atom. The first-order chi connectivity index (χ1) is 7.94. The minimum Gasteiger partial charge on any atom is -0.393 e. The van der Waals surface area contributed by atoms with E-state index >= 15 is 0 Å². The Kier molecular flexibility index (Phi) is 3.85. The molecule has 17 heavy (non-hydrogen) atoms. The summed E-state index contributed by atoms with van der Waals surface area (Å²) < 4.78 is 0. The molecule has 0 aliphatic carbocycles. The highest BCUT2D eigenvalue weighted by atomic mass is 32.1. The zero-order valence-corrected chi connectivity index (χ0v) is 11.8. The van der Waals surface area contributed by atoms with Gasteiger partial charge in [-0.3, -0.25) is 4.90 Å². The summed E-state index contributed by atoms with van der Waals surface area (Å²) in [5.74, 6) is 0. The van der Waals surface area contributed by atoms with Crippen LogP contribution in [0.15, 0.2) is 5.38 Å². The summed E-state index contributed by atoms with van der Waals surface area (Å²) in [5, 5.41) is 13.2. The number of aliphatic hydroxyl groups is 1. The van der Waals surface area contributed by atoms with Crippen LogP contribution in [0.25, 0.3) is 0 Å². The topological polar surface area (TPSA) is 36.4 Å². The molecule has 2 heterocycles. The first-order valence-corrected chi connectivity index (χ1v) is 7.14. The summed E-state index contributed by atoms with van der Waals surface area (Å²) in [5.41, 5.74) is 1.31. The Hall–Kier alpha value is -0.450. The number of thiazole rings is 1. The van der Waals surface area contributed by atoms with Gasteiger partial charge in [0.1, 0.15) is 5.01 Å². The second kappa shape index (κ2) is 5.04. The summed E-state index contributed by atoms with van der Waals surface area (Å²) in [6.45, 7) is 9.46. The molecule has 2 rings (SSSR count). The average molecular weight is 254 g/mol. The van der Waals surface area contributed by atoms with Gasteiger partial charge in [-0.05, 0) is 25.2 Å². The molecule has 96 valence electrons. The molecule has 1 aromatic rings. The normalized spacial score (nSPS) is 25.8. The Balaban J connectivity index is 2.00. The van der Waals surface area contributed by atoms with Crippen molar-refractivity contribution < 1.29 is 5.11 Å². The van der Waals surface area contributed by atoms with Crippen LogP contribution in [0.4, 0.5) is 0 Å². The maximum atomic E-state index is 9.87. The summed E-state index contributed by atoms with van der Waals surface area (Å²) in [7, 11) is 0. The molecule has 1 unspecified atom stereocenters. The van der Waals surface area contributed by atoms with Crippen LogP contribution in [0.5, 0.6) is 0 Å². The molecule has 1 aliphatic rings. The lowest BCUT2D eigenvalue weighted by Crippen LogP contribution is -2.32. The molecule has 1 atom stereocenters. The molecule has 3 nitrogen and oxygen atoms in total. The third-order valence-electron chi connectivity index (χ3n) is 3.24. The molecule has 0 saturated carbocycles. The summed E-state index contributed by atoms with van der Waals surface area (Å²) in [6.07, 6.45) is 1.64. The van der Waals surface area contributed by atoms with Crippen molar-refractivity contribution in [3.05, 3.63) is 16.1 Å². The zero-order chi connectivity index (χ0) is 12.5. The molecule has 0 spiro atoms. The lowest BCUT2D eigenvalue weighted by Gasteiger charge is -2.29. The monoisotopic (exact) mass is 254 g/mol. The number of aliphatic hydroxyl groups excluding tert-OH is 1. The highest BCUT2D eigenvalue weighted by molar-refractivity contribution is 7.09. The number of likely N-dealkylation sites (tertiary alicyclic amines) is 1. The summed E-state index contributed by atoms with van der Waals surface area (Å²) in [6, 6.07) is 0. The van der Waals surface area contributed by atoms with Gasteiger partial charge in [0, 0.05) is 24.2 Å². The maximum Gasteiger partial charge on any atom is 0.107 e. The maximum absolute atomic E-state index is 9.87. The number of rotatable bonds is 2. The van der Waals surface area contributed by atoms with E-state index in [1.807, 2.05) is 6.92 Å². The minimum absolute atomic E-state index is 0.145. The van der Waals surface area contributed by atoms with Crippen LogP contribution in [0.2, 0.25) is 0 Å². The SMILES string of the molecule is Cc1csc(CN2CCC(O)CC(C)(C)C2)n1. The third kappa shape index (κ3) is 3.76. The van der Waals surface area contributed by atoms with Crippen molar-refractivity contribution in [1.82, 2.24) is 9.88 Å². The average Bonchev–Trinajstić information content (AvgIpc) is 2.53. The zero-order valence-electron chi connectivity index (χ0n) is 10.9. The summed E-state index contributed by atoms with van der Waals surface area (Å²) >= 11 is 1.74. The van der Waals surface area contributed by atoms with Crippen molar-refractivity contribution >= 4 is 11.3 Å². The molecule has 0 bridgehead atoms. The van der Waals surface area contributed by atoms with Gasteiger partial charge in [0.05, 0.1) is 12.6 Å². The van der Waals surface area contributed by atoms with E-state index in [1.165, 1.54) is 5.01 Å². The first-order valence-electron chi connectivity index (χ1n) is 6.26. The molecular weight excluding hydrogens is 232 g/mol. The van der Waals surface area contributed by atoms with E-state index in [-0.39, 0.29) is 11.5 Å². The fourth-order valence-corrected chi connectivity index (χ4v) is 3.44. The Bertz CT molecular complexity index is 375. The van der Waals surface area contributed by atoms with Gasteiger partial charge in [0.2, 0.25) is 0 Å². The molecule has 4 heteroatoms. The smallest absolute Gasteiger partial charge is 0.107 e. The first kappa shape index (κ1) is 13.0. The molecule has 1 aliphatic heterocycles. The van der Waals surface area contributed by atoms with Gasteiger partial charge in [-0.1, -0.05) is 13.8 Å². The predicted octanol–water partition coefficient (Wildman–Crippen LogP) is 2.43. The minimum atomic E-state index is -0.145. The van der Waals surface area contributed by atoms with E-state index in [0.29, 0.717) is 0 Å². The number of hydrogen-bond acceptors (Lipinski definition) is 4. The van der Waals surface area contributed by atoms with Crippen LogP contribution in [0, 0.1) is 12.3 Å². The highest BCUT2D eigenvalue weighted by Gasteiger charge is 2.29. The van der Waals surface area contributed by atoms with Crippen LogP contribution in [0.3, 0.4) is 0 Å². The molecule has 0 radical (unpaired) electrons. The van der Waals surface area contributed by atoms with E-state index in [9.17, 15) is 5.11 Å². The van der Waals surface area contributed by atoms with Crippen LogP contribution < -0.4 is 0 Å². The van der Waals surface area contributed by atoms with Crippen LogP contribution >= 0.6 is 11.3 Å². The van der Waals surface area contributed by atoms with Crippen molar-refractivity contribution in [2.45, 2.75) is 46.3 Å². The fraction of sp³-hybridized carbons (Fsp3) is 0.769. The van der Waals surface area contributed by atoms with Crippen LogP contribution in [-0.4, -0.2) is 34.2 Å². The molecule has 1 fully saturated rings. The molecule has 1 aromatic heterocycles. The summed E-state index contributed by atoms with van der Waals surface area (Å²) in [4.78, 5) is 6.94. The molecule has 0 aromatic carbocycles. The predicted molar refractivity (Wildman–Crippen MR) is 71.1 cm³/mol. The lowest BCUT2D eigenvalue weighted by atomic mass is 9.87. The standard InChI is InChI=1S/C13H22N2OS/c1-10-8-17-12(14-10)7-15-5-4-11(16)6-13(2,3)9-15/h8,11,16H,4-7,9H2,1-3H3. The Morgan fingerprint density at radius 2 is 2.35 bits per heavy atom. The van der Waals surface area contributed by atoms with Gasteiger partial charge in [0.25, 0.3) is 0 Å². The van der Waals surface area contributed by atoms with Crippen molar-refractivity contribution in [3.8, 4) is 0 Å². The largest absolute Gasteiger partial charge is 0.393 e. The Labute approximate surface area is 107 Å². The third-order valence-corrected chi connectivity index (χ3v) is 4.20. The number of hydrogen-bond donors (Lipinski definition) is 1. The van der Waals surface area contributed by atoms with Gasteiger partial charge in [-0.15, -0.1) is 11.3 Å². The fourth-order valence-electron chi connectivity index (χ4n) is 2.62. The molecule has 1 N–H and O–H groups in total. The second-order valence-electron chi connectivity index (χ2n) is 5.90. The van der Waals surface area contributed by atoms with E-state index < -0.39 is 0 Å². The number of aromatic nitrogens is 1. The quantitative estimate of drug-likeness (QED) is 0.880. The van der Waals surface area contributed by atoms with E-state index in [1.54, 1.807) is 11.3 Å². The molecular formula is C13H22N2OS. The van der Waals surface area contributed by atoms with E-state index in [0.717, 1.165) is 38.2 Å². The van der Waals surface area contributed by atoms with Crippen molar-refractivity contribution in [1.29, 1.82) is 0 Å². The molecule has 0 amide bonds. The van der Waals surface area contributed by atoms with Crippen LogP contribution in [-0.2, 0) is 6.54 Å². The highest BCUT2D eigenvalue weighted by Crippen LogP contribution is 2.29. The van der Waals surface area contributed by atoms with Gasteiger partial charge >= 0.3 is 0 Å². The van der Waals surface area contributed by atoms with Crippen LogP contribution in [0.1, 0.15) is 37.4 Å². The second-order valence-corrected chi connectivity index (χ2v) is 6.85. The number of aryl methyl sites for hydroxylation is 1. The van der Waals surface area contributed by atoms with Gasteiger partial charge < -0.3 is 5.11 Å². The van der Waals surface area contributed by atoms with E-state index in [2.05, 4.69) is 29.1 Å². The van der Waals surface area contributed by atoms with Gasteiger partial charge in [-0.25, -0.2) is 4.98 Å². The van der Waals surface area contributed by atoms with Crippen molar-refractivity contribution in [2.24, 2.45) is 5.41 Å². The molecule has 1 saturated heterocycles. The van der Waals surface area contributed by atoms with Crippen molar-refractivity contribution in [2.75, 3.05) is 13.1 Å². The van der Waals surface area contributed by atoms with E-state index in [4.69, 9.17) is 0 Å². The van der Waals surface area contributed by atoms with Gasteiger partial charge in [-0.2, -0.15) is 0 Å². The Morgan fingerprint density at radius 3 is 3.00 bits per heavy atom. The lowest BCUT2D eigenvalue weighted by molar-refractivity contribution is 0.121. The van der Waals surface area contributed by atoms with Crippen molar-refractivity contribution in [3.63, 3.8) is 0 Å². The number of nitrogens with zero attached hydrogens (tertiary/aromatic N) is 2. The van der Waals surface area contributed by atoms with Gasteiger partial charge in [0.15, 0.2) is 0 Å².